The van der Waals surface area contributed by atoms with Gasteiger partial charge < -0.3 is 34.9 Å². The molecule has 288 valence electrons. The fourth-order valence-corrected chi connectivity index (χ4v) is 8.70. The average molecular weight is 732 g/mol. The largest absolute Gasteiger partial charge is 0.496 e. The molecular weight excluding hydrogens is 674 g/mol. The van der Waals surface area contributed by atoms with Crippen molar-refractivity contribution < 1.29 is 33.7 Å². The second-order valence-electron chi connectivity index (χ2n) is 15.3. The Morgan fingerprint density at radius 1 is 1.04 bits per heavy atom. The van der Waals surface area contributed by atoms with E-state index >= 15 is 0 Å². The number of benzene rings is 2. The standard InChI is InChI=1S/C41H57N5O7/c1-26(2)32-23-31(53-18-10-17-45(5)16-9-15-42-25-47)13-14-34(32)46-35(38-36(51-6)11-8-12-37(38)52-7)24-33(44-46)39(48)43-41(40(49)50)28(4)21-29-19-27(3)20-30(41)22-29/h8,11-14,23-30H,9-10,15-22H2,1-7H3,(H,42,47)(H,43,48)(H,49,50). The first-order chi connectivity index (χ1) is 25.4. The summed E-state index contributed by atoms with van der Waals surface area (Å²) in [7, 11) is 5.23. The number of hydrogen-bond acceptors (Lipinski definition) is 8. The van der Waals surface area contributed by atoms with E-state index in [1.165, 1.54) is 0 Å². The van der Waals surface area contributed by atoms with Gasteiger partial charge in [0.2, 0.25) is 6.41 Å². The minimum Gasteiger partial charge on any atom is -0.496 e. The fourth-order valence-electron chi connectivity index (χ4n) is 8.70. The zero-order valence-corrected chi connectivity index (χ0v) is 32.3. The summed E-state index contributed by atoms with van der Waals surface area (Å²) in [5.41, 5.74) is 1.61. The smallest absolute Gasteiger partial charge is 0.329 e. The number of aromatic nitrogens is 2. The van der Waals surface area contributed by atoms with Crippen molar-refractivity contribution in [2.24, 2.45) is 23.7 Å². The van der Waals surface area contributed by atoms with Gasteiger partial charge in [-0.15, -0.1) is 0 Å². The number of nitrogens with one attached hydrogen (secondary N) is 2. The first-order valence-electron chi connectivity index (χ1n) is 18.9. The van der Waals surface area contributed by atoms with Crippen molar-refractivity contribution in [2.45, 2.75) is 77.7 Å². The van der Waals surface area contributed by atoms with E-state index in [1.807, 2.05) is 43.3 Å². The van der Waals surface area contributed by atoms with Crippen molar-refractivity contribution in [3.63, 3.8) is 0 Å². The molecule has 12 nitrogen and oxygen atoms in total. The Bertz CT molecular complexity index is 1710. The molecule has 2 fully saturated rings. The summed E-state index contributed by atoms with van der Waals surface area (Å²) < 4.78 is 19.5. The highest BCUT2D eigenvalue weighted by Gasteiger charge is 2.56. The Hall–Kier alpha value is -4.58. The maximum atomic E-state index is 14.3. The SMILES string of the molecule is COc1cccc(OC)c1-c1cc(C(=O)NC2(C(=O)O)C(C)CC3CC(C)CC2C3)nn1-c1ccc(OCCCN(C)CCCNC=O)cc1C(C)C. The summed E-state index contributed by atoms with van der Waals surface area (Å²) in [4.78, 5) is 40.2. The van der Waals surface area contributed by atoms with Crippen LogP contribution in [0.3, 0.4) is 0 Å². The summed E-state index contributed by atoms with van der Waals surface area (Å²) in [5.74, 6) is 0.829. The Morgan fingerprint density at radius 3 is 2.42 bits per heavy atom. The fraction of sp³-hybridized carbons (Fsp3) is 0.561. The molecule has 2 bridgehead atoms. The van der Waals surface area contributed by atoms with E-state index in [0.717, 1.165) is 75.0 Å². The van der Waals surface area contributed by atoms with E-state index in [1.54, 1.807) is 25.0 Å². The Labute approximate surface area is 313 Å². The average Bonchev–Trinajstić information content (AvgIpc) is 3.57. The molecule has 2 aliphatic rings. The van der Waals surface area contributed by atoms with Gasteiger partial charge in [0.05, 0.1) is 37.8 Å². The Kier molecular flexibility index (Phi) is 13.1. The van der Waals surface area contributed by atoms with Crippen molar-refractivity contribution in [2.75, 3.05) is 47.5 Å². The lowest BCUT2D eigenvalue weighted by Gasteiger charge is -2.52. The lowest BCUT2D eigenvalue weighted by atomic mass is 9.56. The number of fused-ring (bicyclic) bond motifs is 2. The number of nitrogens with zero attached hydrogens (tertiary/aromatic N) is 3. The molecule has 1 aromatic heterocycles. The highest BCUT2D eigenvalue weighted by atomic mass is 16.5. The zero-order chi connectivity index (χ0) is 38.3. The molecule has 5 rings (SSSR count). The molecule has 3 aromatic rings. The van der Waals surface area contributed by atoms with Gasteiger partial charge in [0, 0.05) is 13.1 Å². The van der Waals surface area contributed by atoms with Crippen LogP contribution in [0.1, 0.15) is 88.2 Å². The molecule has 0 saturated heterocycles. The topological polar surface area (TPSA) is 144 Å². The number of rotatable bonds is 18. The van der Waals surface area contributed by atoms with Gasteiger partial charge in [0.1, 0.15) is 22.8 Å². The van der Waals surface area contributed by atoms with E-state index in [2.05, 4.69) is 43.4 Å². The molecule has 5 atom stereocenters. The molecule has 12 heteroatoms. The highest BCUT2D eigenvalue weighted by molar-refractivity contribution is 5.98. The van der Waals surface area contributed by atoms with Gasteiger partial charge in [0.15, 0.2) is 5.69 Å². The number of carboxylic acids is 1. The Balaban J connectivity index is 1.49. The number of carboxylic acid groups (broad SMARTS) is 1. The maximum Gasteiger partial charge on any atom is 0.329 e. The minimum atomic E-state index is -1.39. The molecule has 0 radical (unpaired) electrons. The molecule has 5 unspecified atom stereocenters. The van der Waals surface area contributed by atoms with Gasteiger partial charge in [-0.2, -0.15) is 5.10 Å². The van der Waals surface area contributed by atoms with Gasteiger partial charge in [-0.1, -0.05) is 33.8 Å². The lowest BCUT2D eigenvalue weighted by Crippen LogP contribution is -2.66. The summed E-state index contributed by atoms with van der Waals surface area (Å²) in [5, 5.41) is 21.5. The number of methoxy groups -OCH3 is 2. The number of amides is 2. The van der Waals surface area contributed by atoms with Crippen LogP contribution in [0.2, 0.25) is 0 Å². The van der Waals surface area contributed by atoms with Crippen LogP contribution in [0, 0.1) is 23.7 Å². The first-order valence-corrected chi connectivity index (χ1v) is 18.9. The van der Waals surface area contributed by atoms with E-state index in [0.29, 0.717) is 47.7 Å². The molecule has 1 heterocycles. The van der Waals surface area contributed by atoms with Crippen LogP contribution in [0.5, 0.6) is 17.2 Å². The molecule has 3 N–H and O–H groups in total. The second-order valence-corrected chi connectivity index (χ2v) is 15.3. The predicted octanol–water partition coefficient (Wildman–Crippen LogP) is 6.16. The molecule has 0 aliphatic heterocycles. The van der Waals surface area contributed by atoms with Crippen molar-refractivity contribution in [3.8, 4) is 34.2 Å². The van der Waals surface area contributed by atoms with Crippen LogP contribution >= 0.6 is 0 Å². The van der Waals surface area contributed by atoms with Crippen molar-refractivity contribution in [1.82, 2.24) is 25.3 Å². The normalized spacial score (nSPS) is 22.4. The van der Waals surface area contributed by atoms with Crippen LogP contribution in [-0.2, 0) is 9.59 Å². The van der Waals surface area contributed by atoms with Gasteiger partial charge >= 0.3 is 5.97 Å². The van der Waals surface area contributed by atoms with Gasteiger partial charge in [-0.05, 0) is 124 Å². The van der Waals surface area contributed by atoms with Gasteiger partial charge in [-0.3, -0.25) is 9.59 Å². The molecular formula is C41H57N5O7. The van der Waals surface area contributed by atoms with Crippen LogP contribution in [0.4, 0.5) is 0 Å². The van der Waals surface area contributed by atoms with Crippen molar-refractivity contribution >= 4 is 18.3 Å². The summed E-state index contributed by atoms with van der Waals surface area (Å²) >= 11 is 0. The van der Waals surface area contributed by atoms with Crippen LogP contribution < -0.4 is 24.8 Å². The van der Waals surface area contributed by atoms with E-state index < -0.39 is 17.4 Å². The summed E-state index contributed by atoms with van der Waals surface area (Å²) in [6.45, 7) is 11.3. The maximum absolute atomic E-state index is 14.3. The zero-order valence-electron chi connectivity index (χ0n) is 32.3. The van der Waals surface area contributed by atoms with Crippen LogP contribution in [0.25, 0.3) is 16.9 Å². The Morgan fingerprint density at radius 2 is 1.75 bits per heavy atom. The monoisotopic (exact) mass is 731 g/mol. The summed E-state index contributed by atoms with van der Waals surface area (Å²) in [6, 6.07) is 13.1. The molecule has 2 amide bonds. The molecule has 2 aliphatic carbocycles. The van der Waals surface area contributed by atoms with Crippen molar-refractivity contribution in [3.05, 3.63) is 53.7 Å². The van der Waals surface area contributed by atoms with Gasteiger partial charge in [-0.25, -0.2) is 9.48 Å². The number of carbonyl (C=O) groups excluding carboxylic acids is 2. The first kappa shape index (κ1) is 39.6. The molecule has 2 aromatic carbocycles. The van der Waals surface area contributed by atoms with E-state index in [4.69, 9.17) is 19.3 Å². The molecule has 53 heavy (non-hydrogen) atoms. The molecule has 2 saturated carbocycles. The lowest BCUT2D eigenvalue weighted by molar-refractivity contribution is -0.155. The van der Waals surface area contributed by atoms with E-state index in [-0.39, 0.29) is 23.4 Å². The molecule has 0 spiro atoms. The number of aliphatic carboxylic acids is 1. The highest BCUT2D eigenvalue weighted by Crippen LogP contribution is 2.50. The van der Waals surface area contributed by atoms with Crippen molar-refractivity contribution in [1.29, 1.82) is 0 Å². The number of carbonyl (C=O) groups is 3. The second kappa shape index (κ2) is 17.5. The number of hydrogen-bond donors (Lipinski definition) is 3. The van der Waals surface area contributed by atoms with E-state index in [9.17, 15) is 19.5 Å². The number of ether oxygens (including phenoxy) is 3. The van der Waals surface area contributed by atoms with Crippen LogP contribution in [-0.4, -0.2) is 91.1 Å². The van der Waals surface area contributed by atoms with Gasteiger partial charge in [0.25, 0.3) is 5.91 Å². The summed E-state index contributed by atoms with van der Waals surface area (Å²) in [6.07, 6.45) is 5.85. The van der Waals surface area contributed by atoms with Crippen LogP contribution in [0.15, 0.2) is 42.5 Å². The predicted molar refractivity (Wildman–Crippen MR) is 204 cm³/mol. The third kappa shape index (κ3) is 8.64. The third-order valence-corrected chi connectivity index (χ3v) is 11.2. The quantitative estimate of drug-likeness (QED) is 0.104. The minimum absolute atomic E-state index is 0.0631. The third-order valence-electron chi connectivity index (χ3n) is 11.2.